The molecule has 1 aliphatic rings. The summed E-state index contributed by atoms with van der Waals surface area (Å²) in [5, 5.41) is 14.9. The molecule has 2 aromatic rings. The zero-order chi connectivity index (χ0) is 20.1. The molecule has 0 saturated carbocycles. The number of carbonyl (C=O) groups is 2. The van der Waals surface area contributed by atoms with Gasteiger partial charge in [-0.1, -0.05) is 12.1 Å². The van der Waals surface area contributed by atoms with Crippen LogP contribution in [0.1, 0.15) is 33.6 Å². The number of nitrogens with one attached hydrogen (secondary N) is 1. The summed E-state index contributed by atoms with van der Waals surface area (Å²) < 4.78 is 5.14. The molecule has 0 aliphatic carbocycles. The number of hydrogen-bond acceptors (Lipinski definition) is 7. The lowest BCUT2D eigenvalue weighted by Gasteiger charge is -2.12. The number of fused-ring (bicyclic) bond motifs is 1. The molecule has 28 heavy (non-hydrogen) atoms. The van der Waals surface area contributed by atoms with Crippen LogP contribution in [0.4, 0.5) is 11.4 Å². The highest BCUT2D eigenvalue weighted by Crippen LogP contribution is 2.28. The lowest BCUT2D eigenvalue weighted by atomic mass is 10.1. The monoisotopic (exact) mass is 382 g/mol. The van der Waals surface area contributed by atoms with Crippen molar-refractivity contribution in [2.75, 3.05) is 19.1 Å². The summed E-state index contributed by atoms with van der Waals surface area (Å²) in [5.74, 6) is -0.136. The third-order valence-corrected chi connectivity index (χ3v) is 4.26. The SMILES string of the molecule is COc1ccc([N+](=O)[O-])cc1N/N=C\CCCN1C(=O)c2ccccc2C1=O. The van der Waals surface area contributed by atoms with Crippen LogP contribution in [0, 0.1) is 10.1 Å². The number of nitro groups is 1. The van der Waals surface area contributed by atoms with Gasteiger partial charge in [-0.15, -0.1) is 0 Å². The van der Waals surface area contributed by atoms with Crippen LogP contribution in [0.25, 0.3) is 0 Å². The summed E-state index contributed by atoms with van der Waals surface area (Å²) in [6, 6.07) is 10.9. The van der Waals surface area contributed by atoms with Crippen LogP contribution in [0.3, 0.4) is 0 Å². The molecule has 0 atom stereocenters. The van der Waals surface area contributed by atoms with Gasteiger partial charge in [0.2, 0.25) is 0 Å². The maximum absolute atomic E-state index is 12.3. The van der Waals surface area contributed by atoms with Crippen LogP contribution < -0.4 is 10.2 Å². The van der Waals surface area contributed by atoms with Crippen LogP contribution in [0.2, 0.25) is 0 Å². The van der Waals surface area contributed by atoms with Gasteiger partial charge in [0.25, 0.3) is 17.5 Å². The first-order chi connectivity index (χ1) is 13.5. The minimum atomic E-state index is -0.504. The Labute approximate surface area is 160 Å². The fourth-order valence-corrected chi connectivity index (χ4v) is 2.86. The Morgan fingerprint density at radius 1 is 1.18 bits per heavy atom. The van der Waals surface area contributed by atoms with E-state index in [2.05, 4.69) is 10.5 Å². The lowest BCUT2D eigenvalue weighted by Crippen LogP contribution is -2.30. The first kappa shape index (κ1) is 19.0. The van der Waals surface area contributed by atoms with Gasteiger partial charge in [0.1, 0.15) is 11.4 Å². The number of hydrazone groups is 1. The molecule has 2 aromatic carbocycles. The number of nitrogens with zero attached hydrogens (tertiary/aromatic N) is 3. The van der Waals surface area contributed by atoms with Gasteiger partial charge < -0.3 is 4.74 Å². The van der Waals surface area contributed by atoms with Crippen molar-refractivity contribution in [2.24, 2.45) is 5.10 Å². The third-order valence-electron chi connectivity index (χ3n) is 4.26. The molecule has 0 aromatic heterocycles. The summed E-state index contributed by atoms with van der Waals surface area (Å²) in [5.41, 5.74) is 3.86. The van der Waals surface area contributed by atoms with E-state index in [4.69, 9.17) is 4.74 Å². The van der Waals surface area contributed by atoms with E-state index in [9.17, 15) is 19.7 Å². The van der Waals surface area contributed by atoms with Crippen molar-refractivity contribution in [1.29, 1.82) is 0 Å². The van der Waals surface area contributed by atoms with Gasteiger partial charge in [0, 0.05) is 24.9 Å². The number of methoxy groups -OCH3 is 1. The van der Waals surface area contributed by atoms with E-state index < -0.39 is 4.92 Å². The van der Waals surface area contributed by atoms with Crippen LogP contribution in [0.15, 0.2) is 47.6 Å². The van der Waals surface area contributed by atoms with Crippen LogP contribution >= 0.6 is 0 Å². The Kier molecular flexibility index (Phi) is 5.64. The molecule has 0 bridgehead atoms. The Bertz CT molecular complexity index is 922. The van der Waals surface area contributed by atoms with Crippen LogP contribution in [-0.4, -0.2) is 41.5 Å². The minimum Gasteiger partial charge on any atom is -0.495 e. The van der Waals surface area contributed by atoms with E-state index in [1.54, 1.807) is 30.5 Å². The highest BCUT2D eigenvalue weighted by molar-refractivity contribution is 6.21. The van der Waals surface area contributed by atoms with E-state index in [-0.39, 0.29) is 17.5 Å². The average Bonchev–Trinajstić information content (AvgIpc) is 2.95. The second kappa shape index (κ2) is 8.30. The molecular weight excluding hydrogens is 364 g/mol. The zero-order valence-corrected chi connectivity index (χ0v) is 15.1. The number of amides is 2. The standard InChI is InChI=1S/C19H18N4O5/c1-28-17-9-8-13(23(26)27)12-16(17)21-20-10-4-5-11-22-18(24)14-6-2-3-7-15(14)19(22)25/h2-3,6-10,12,21H,4-5,11H2,1H3/b20-10-. The van der Waals surface area contributed by atoms with Crippen molar-refractivity contribution in [3.05, 3.63) is 63.7 Å². The first-order valence-corrected chi connectivity index (χ1v) is 8.58. The summed E-state index contributed by atoms with van der Waals surface area (Å²) in [6.07, 6.45) is 2.64. The molecule has 0 saturated heterocycles. The summed E-state index contributed by atoms with van der Waals surface area (Å²) >= 11 is 0. The molecule has 1 aliphatic heterocycles. The van der Waals surface area contributed by atoms with Gasteiger partial charge in [0.05, 0.1) is 23.2 Å². The van der Waals surface area contributed by atoms with E-state index in [0.717, 1.165) is 0 Å². The van der Waals surface area contributed by atoms with E-state index in [1.165, 1.54) is 30.2 Å². The van der Waals surface area contributed by atoms with Crippen molar-refractivity contribution >= 4 is 29.4 Å². The van der Waals surface area contributed by atoms with E-state index in [0.29, 0.717) is 42.0 Å². The van der Waals surface area contributed by atoms with Gasteiger partial charge in [-0.2, -0.15) is 5.10 Å². The smallest absolute Gasteiger partial charge is 0.271 e. The van der Waals surface area contributed by atoms with Gasteiger partial charge in [0.15, 0.2) is 0 Å². The predicted molar refractivity (Wildman–Crippen MR) is 103 cm³/mol. The largest absolute Gasteiger partial charge is 0.495 e. The molecule has 1 N–H and O–H groups in total. The van der Waals surface area contributed by atoms with Gasteiger partial charge in [-0.05, 0) is 31.0 Å². The average molecular weight is 382 g/mol. The molecular formula is C19H18N4O5. The molecule has 1 heterocycles. The predicted octanol–water partition coefficient (Wildman–Crippen LogP) is 3.08. The number of carbonyl (C=O) groups excluding carboxylic acids is 2. The van der Waals surface area contributed by atoms with Gasteiger partial charge >= 0.3 is 0 Å². The maximum atomic E-state index is 12.3. The van der Waals surface area contributed by atoms with Crippen molar-refractivity contribution < 1.29 is 19.2 Å². The molecule has 3 rings (SSSR count). The normalized spacial score (nSPS) is 13.1. The number of non-ortho nitro benzene ring substituents is 1. The topological polar surface area (TPSA) is 114 Å². The highest BCUT2D eigenvalue weighted by atomic mass is 16.6. The molecule has 0 fully saturated rings. The van der Waals surface area contributed by atoms with Crippen molar-refractivity contribution in [1.82, 2.24) is 4.90 Å². The Hall–Kier alpha value is -3.75. The summed E-state index contributed by atoms with van der Waals surface area (Å²) in [7, 11) is 1.46. The number of ether oxygens (including phenoxy) is 1. The fourth-order valence-electron chi connectivity index (χ4n) is 2.86. The number of nitro benzene ring substituents is 1. The molecule has 9 nitrogen and oxygen atoms in total. The lowest BCUT2D eigenvalue weighted by molar-refractivity contribution is -0.384. The number of unbranched alkanes of at least 4 members (excludes halogenated alkanes) is 1. The molecule has 9 heteroatoms. The molecule has 0 spiro atoms. The third kappa shape index (κ3) is 3.83. The van der Waals surface area contributed by atoms with Crippen molar-refractivity contribution in [3.63, 3.8) is 0 Å². The zero-order valence-electron chi connectivity index (χ0n) is 15.1. The van der Waals surface area contributed by atoms with Crippen molar-refractivity contribution in [2.45, 2.75) is 12.8 Å². The van der Waals surface area contributed by atoms with E-state index in [1.807, 2.05) is 0 Å². The maximum Gasteiger partial charge on any atom is 0.271 e. The highest BCUT2D eigenvalue weighted by Gasteiger charge is 2.34. The Morgan fingerprint density at radius 3 is 2.46 bits per heavy atom. The molecule has 0 radical (unpaired) electrons. The molecule has 2 amide bonds. The van der Waals surface area contributed by atoms with Crippen LogP contribution in [0.5, 0.6) is 5.75 Å². The summed E-state index contributed by atoms with van der Waals surface area (Å²) in [4.78, 5) is 36.1. The number of rotatable bonds is 8. The minimum absolute atomic E-state index is 0.0795. The first-order valence-electron chi connectivity index (χ1n) is 8.58. The van der Waals surface area contributed by atoms with E-state index >= 15 is 0 Å². The van der Waals surface area contributed by atoms with Crippen molar-refractivity contribution in [3.8, 4) is 5.75 Å². The van der Waals surface area contributed by atoms with Crippen LogP contribution in [-0.2, 0) is 0 Å². The summed E-state index contributed by atoms with van der Waals surface area (Å²) in [6.45, 7) is 0.290. The number of imide groups is 1. The van der Waals surface area contributed by atoms with Gasteiger partial charge in [-0.25, -0.2) is 0 Å². The number of anilines is 1. The second-order valence-corrected chi connectivity index (χ2v) is 6.01. The molecule has 0 unspecified atom stereocenters. The molecule has 144 valence electrons. The fraction of sp³-hybridized carbons (Fsp3) is 0.211. The number of hydrogen-bond donors (Lipinski definition) is 1. The van der Waals surface area contributed by atoms with Gasteiger partial charge in [-0.3, -0.25) is 30.0 Å². The number of benzene rings is 2. The quantitative estimate of drug-likeness (QED) is 0.247. The Morgan fingerprint density at radius 2 is 1.86 bits per heavy atom. The Balaban J connectivity index is 1.52. The second-order valence-electron chi connectivity index (χ2n) is 6.01.